The zero-order valence-electron chi connectivity index (χ0n) is 8.25. The Kier molecular flexibility index (Phi) is 2.73. The van der Waals surface area contributed by atoms with Crippen molar-refractivity contribution in [3.05, 3.63) is 34.2 Å². The van der Waals surface area contributed by atoms with E-state index in [4.69, 9.17) is 0 Å². The van der Waals surface area contributed by atoms with Gasteiger partial charge in [-0.1, -0.05) is 9.59 Å². The third-order valence-corrected chi connectivity index (χ3v) is 2.40. The third-order valence-electron chi connectivity index (χ3n) is 1.89. The summed E-state index contributed by atoms with van der Waals surface area (Å²) in [6.45, 7) is 0. The van der Waals surface area contributed by atoms with Crippen molar-refractivity contribution in [2.24, 2.45) is 7.05 Å². The number of amides is 1. The topological polar surface area (TPSA) is 89.8 Å². The van der Waals surface area contributed by atoms with Gasteiger partial charge in [-0.2, -0.15) is 0 Å². The number of anilines is 1. The van der Waals surface area contributed by atoms with E-state index in [1.54, 1.807) is 13.1 Å². The lowest BCUT2D eigenvalue weighted by Gasteiger charge is -2.01. The molecule has 1 N–H and O–H groups in total. The fraction of sp³-hybridized carbons (Fsp3) is 0.125. The molecule has 0 unspecified atom stereocenters. The van der Waals surface area contributed by atoms with Crippen LogP contribution in [-0.2, 0) is 7.05 Å². The van der Waals surface area contributed by atoms with Gasteiger partial charge >= 0.3 is 0 Å². The molecular formula is C8H7N5O2S. The van der Waals surface area contributed by atoms with Crippen LogP contribution in [0.5, 0.6) is 0 Å². The summed E-state index contributed by atoms with van der Waals surface area (Å²) in [5.74, 6) is -0.406. The minimum Gasteiger partial charge on any atom is -0.319 e. The van der Waals surface area contributed by atoms with Gasteiger partial charge in [-0.15, -0.1) is 0 Å². The Morgan fingerprint density at radius 1 is 1.56 bits per heavy atom. The zero-order valence-corrected chi connectivity index (χ0v) is 9.06. The maximum atomic E-state index is 11.6. The van der Waals surface area contributed by atoms with Crippen LogP contribution < -0.4 is 10.9 Å². The monoisotopic (exact) mass is 237 g/mol. The first-order valence-electron chi connectivity index (χ1n) is 4.30. The lowest BCUT2D eigenvalue weighted by molar-refractivity contribution is 0.102. The molecule has 0 bridgehead atoms. The first-order valence-corrected chi connectivity index (χ1v) is 5.07. The highest BCUT2D eigenvalue weighted by molar-refractivity contribution is 7.09. The Labute approximate surface area is 93.9 Å². The van der Waals surface area contributed by atoms with Gasteiger partial charge < -0.3 is 4.57 Å². The molecule has 2 rings (SSSR count). The number of carbonyl (C=O) groups is 1. The first kappa shape index (κ1) is 10.4. The van der Waals surface area contributed by atoms with Crippen molar-refractivity contribution in [3.8, 4) is 0 Å². The Balaban J connectivity index is 2.21. The molecule has 0 atom stereocenters. The van der Waals surface area contributed by atoms with Crippen LogP contribution in [0.15, 0.2) is 23.1 Å². The van der Waals surface area contributed by atoms with Crippen molar-refractivity contribution < 1.29 is 4.79 Å². The molecule has 82 valence electrons. The van der Waals surface area contributed by atoms with E-state index in [-0.39, 0.29) is 11.1 Å². The van der Waals surface area contributed by atoms with Gasteiger partial charge in [-0.3, -0.25) is 14.9 Å². The predicted octanol–water partition coefficient (Wildman–Crippen LogP) is -0.116. The fourth-order valence-corrected chi connectivity index (χ4v) is 1.40. The predicted molar refractivity (Wildman–Crippen MR) is 57.3 cm³/mol. The maximum absolute atomic E-state index is 11.6. The number of nitrogens with one attached hydrogen (secondary N) is 1. The van der Waals surface area contributed by atoms with Gasteiger partial charge in [0.05, 0.1) is 0 Å². The molecule has 2 heterocycles. The highest BCUT2D eigenvalue weighted by Gasteiger charge is 2.09. The summed E-state index contributed by atoms with van der Waals surface area (Å²) >= 11 is 0.966. The van der Waals surface area contributed by atoms with E-state index in [0.717, 1.165) is 11.5 Å². The third kappa shape index (κ3) is 2.11. The fourth-order valence-electron chi connectivity index (χ4n) is 1.04. The molecule has 7 nitrogen and oxygen atoms in total. The van der Waals surface area contributed by atoms with Gasteiger partial charge in [-0.05, 0) is 11.3 Å². The van der Waals surface area contributed by atoms with E-state index in [1.807, 2.05) is 0 Å². The van der Waals surface area contributed by atoms with Gasteiger partial charge in [-0.25, -0.2) is 0 Å². The maximum Gasteiger partial charge on any atom is 0.257 e. The van der Waals surface area contributed by atoms with Crippen LogP contribution in [0.25, 0.3) is 0 Å². The molecular weight excluding hydrogens is 230 g/mol. The molecule has 8 heteroatoms. The van der Waals surface area contributed by atoms with Gasteiger partial charge in [0.1, 0.15) is 0 Å². The molecule has 0 aliphatic heterocycles. The number of nitrogens with zero attached hydrogens (tertiary/aromatic N) is 4. The van der Waals surface area contributed by atoms with Crippen molar-refractivity contribution in [2.75, 3.05) is 5.32 Å². The molecule has 0 aliphatic rings. The van der Waals surface area contributed by atoms with E-state index in [2.05, 4.69) is 20.1 Å². The molecule has 0 saturated heterocycles. The number of hydrogen-bond donors (Lipinski definition) is 1. The average Bonchev–Trinajstić information content (AvgIpc) is 2.74. The molecule has 0 radical (unpaired) electrons. The van der Waals surface area contributed by atoms with Crippen molar-refractivity contribution in [1.82, 2.24) is 19.4 Å². The van der Waals surface area contributed by atoms with Crippen molar-refractivity contribution >= 4 is 22.6 Å². The molecule has 16 heavy (non-hydrogen) atoms. The number of rotatable bonds is 2. The van der Waals surface area contributed by atoms with Gasteiger partial charge in [0.25, 0.3) is 11.5 Å². The van der Waals surface area contributed by atoms with E-state index >= 15 is 0 Å². The van der Waals surface area contributed by atoms with Crippen LogP contribution in [-0.4, -0.2) is 25.3 Å². The average molecular weight is 237 g/mol. The lowest BCUT2D eigenvalue weighted by Crippen LogP contribution is -2.19. The largest absolute Gasteiger partial charge is 0.319 e. The van der Waals surface area contributed by atoms with Crippen molar-refractivity contribution in [3.63, 3.8) is 0 Å². The quantitative estimate of drug-likeness (QED) is 0.786. The second kappa shape index (κ2) is 4.19. The standard InChI is InChI=1S/C8H7N5O2S/c1-13-3-2-5(4-6(13)14)7(15)9-8-10-11-12-16-8/h2-4H,1H3,(H,9,10,12,15). The van der Waals surface area contributed by atoms with Crippen molar-refractivity contribution in [2.45, 2.75) is 0 Å². The van der Waals surface area contributed by atoms with Gasteiger partial charge in [0.2, 0.25) is 5.13 Å². The van der Waals surface area contributed by atoms with Crippen LogP contribution in [0.2, 0.25) is 0 Å². The molecule has 2 aromatic heterocycles. The van der Waals surface area contributed by atoms with Gasteiger partial charge in [0.15, 0.2) is 0 Å². The molecule has 0 saturated carbocycles. The Morgan fingerprint density at radius 2 is 2.38 bits per heavy atom. The summed E-state index contributed by atoms with van der Waals surface area (Å²) in [5.41, 5.74) is 0.0290. The summed E-state index contributed by atoms with van der Waals surface area (Å²) < 4.78 is 4.88. The Morgan fingerprint density at radius 3 is 3.00 bits per heavy atom. The summed E-state index contributed by atoms with van der Waals surface area (Å²) in [6.07, 6.45) is 1.52. The van der Waals surface area contributed by atoms with E-state index in [1.165, 1.54) is 16.8 Å². The summed E-state index contributed by atoms with van der Waals surface area (Å²) in [5, 5.41) is 9.68. The second-order valence-corrected chi connectivity index (χ2v) is 3.72. The smallest absolute Gasteiger partial charge is 0.257 e. The van der Waals surface area contributed by atoms with Gasteiger partial charge in [0, 0.05) is 36.4 Å². The van der Waals surface area contributed by atoms with Crippen LogP contribution >= 0.6 is 11.5 Å². The Bertz CT molecular complexity index is 562. The lowest BCUT2D eigenvalue weighted by atomic mass is 10.2. The summed E-state index contributed by atoms with van der Waals surface area (Å²) in [6, 6.07) is 2.80. The second-order valence-electron chi connectivity index (χ2n) is 2.99. The van der Waals surface area contributed by atoms with Crippen molar-refractivity contribution in [1.29, 1.82) is 0 Å². The number of carbonyl (C=O) groups excluding carboxylic acids is 1. The minimum atomic E-state index is -0.406. The van der Waals surface area contributed by atoms with E-state index in [0.29, 0.717) is 5.13 Å². The number of hydrogen-bond acceptors (Lipinski definition) is 6. The van der Waals surface area contributed by atoms with Crippen LogP contribution in [0.3, 0.4) is 0 Å². The molecule has 2 aromatic rings. The van der Waals surface area contributed by atoms with Crippen LogP contribution in [0.1, 0.15) is 10.4 Å². The first-order chi connectivity index (χ1) is 7.66. The molecule has 1 amide bonds. The van der Waals surface area contributed by atoms with E-state index < -0.39 is 5.91 Å². The molecule has 0 fully saturated rings. The van der Waals surface area contributed by atoms with Crippen LogP contribution in [0.4, 0.5) is 5.13 Å². The summed E-state index contributed by atoms with van der Waals surface area (Å²) in [7, 11) is 1.61. The highest BCUT2D eigenvalue weighted by Crippen LogP contribution is 2.06. The molecule has 0 aromatic carbocycles. The Hall–Kier alpha value is -2.09. The summed E-state index contributed by atoms with van der Waals surface area (Å²) in [4.78, 5) is 22.9. The van der Waals surface area contributed by atoms with Crippen LogP contribution in [0, 0.1) is 0 Å². The van der Waals surface area contributed by atoms with E-state index in [9.17, 15) is 9.59 Å². The number of aryl methyl sites for hydroxylation is 1. The normalized spacial score (nSPS) is 10.1. The number of pyridine rings is 1. The highest BCUT2D eigenvalue weighted by atomic mass is 32.1. The minimum absolute atomic E-state index is 0.247. The molecule has 0 aliphatic carbocycles. The molecule has 0 spiro atoms. The SMILES string of the molecule is Cn1ccc(C(=O)Nc2nnns2)cc1=O. The number of aromatic nitrogens is 4. The zero-order chi connectivity index (χ0) is 11.5.